The smallest absolute Gasteiger partial charge is 0.365 e. The molecule has 0 aliphatic heterocycles. The lowest BCUT2D eigenvalue weighted by Crippen LogP contribution is -2.30. The standard InChI is InChI=1S/C13H17F3N4/c1-2-3-4-10(8-18)19-12-9(7-17)5-6-11(20-12)13(14,15)16/h5-6,10H,2-4,8,18H2,1H3,(H,19,20). The molecule has 1 aromatic rings. The molecular formula is C13H17F3N4. The number of aromatic nitrogens is 1. The number of rotatable bonds is 6. The molecule has 0 spiro atoms. The molecule has 1 heterocycles. The SMILES string of the molecule is CCCCC(CN)Nc1nc(C(F)(F)F)ccc1C#N. The lowest BCUT2D eigenvalue weighted by molar-refractivity contribution is -0.141. The molecule has 7 heteroatoms. The van der Waals surface area contributed by atoms with E-state index in [1.165, 1.54) is 0 Å². The van der Waals surface area contributed by atoms with Gasteiger partial charge in [0, 0.05) is 12.6 Å². The van der Waals surface area contributed by atoms with Crippen molar-refractivity contribution in [1.29, 1.82) is 5.26 Å². The molecule has 1 atom stereocenters. The molecule has 0 fully saturated rings. The van der Waals surface area contributed by atoms with E-state index in [-0.39, 0.29) is 24.0 Å². The molecular weight excluding hydrogens is 269 g/mol. The monoisotopic (exact) mass is 286 g/mol. The molecule has 4 nitrogen and oxygen atoms in total. The van der Waals surface area contributed by atoms with E-state index in [1.54, 1.807) is 0 Å². The summed E-state index contributed by atoms with van der Waals surface area (Å²) in [5, 5.41) is 11.8. The number of unbranched alkanes of at least 4 members (excludes halogenated alkanes) is 1. The third-order valence-electron chi connectivity index (χ3n) is 2.84. The van der Waals surface area contributed by atoms with E-state index in [0.717, 1.165) is 31.4 Å². The van der Waals surface area contributed by atoms with E-state index in [2.05, 4.69) is 10.3 Å². The molecule has 1 rings (SSSR count). The van der Waals surface area contributed by atoms with Crippen LogP contribution in [0.5, 0.6) is 0 Å². The topological polar surface area (TPSA) is 74.7 Å². The van der Waals surface area contributed by atoms with Gasteiger partial charge in [0.15, 0.2) is 0 Å². The predicted molar refractivity (Wildman–Crippen MR) is 69.9 cm³/mol. The Labute approximate surface area is 115 Å². The highest BCUT2D eigenvalue weighted by Gasteiger charge is 2.33. The minimum Gasteiger partial charge on any atom is -0.365 e. The molecule has 110 valence electrons. The number of alkyl halides is 3. The minimum atomic E-state index is -4.54. The zero-order valence-corrected chi connectivity index (χ0v) is 11.2. The molecule has 0 aliphatic rings. The van der Waals surface area contributed by atoms with Crippen molar-refractivity contribution in [1.82, 2.24) is 4.98 Å². The average molecular weight is 286 g/mol. The van der Waals surface area contributed by atoms with E-state index in [1.807, 2.05) is 13.0 Å². The second-order valence-corrected chi connectivity index (χ2v) is 4.42. The Morgan fingerprint density at radius 2 is 2.15 bits per heavy atom. The molecule has 20 heavy (non-hydrogen) atoms. The summed E-state index contributed by atoms with van der Waals surface area (Å²) in [6.07, 6.45) is -1.96. The van der Waals surface area contributed by atoms with Crippen molar-refractivity contribution in [3.8, 4) is 6.07 Å². The van der Waals surface area contributed by atoms with Crippen LogP contribution in [0.4, 0.5) is 19.0 Å². The fourth-order valence-electron chi connectivity index (χ4n) is 1.71. The highest BCUT2D eigenvalue weighted by atomic mass is 19.4. The Morgan fingerprint density at radius 3 is 2.65 bits per heavy atom. The summed E-state index contributed by atoms with van der Waals surface area (Å²) in [6.45, 7) is 2.28. The van der Waals surface area contributed by atoms with E-state index < -0.39 is 11.9 Å². The molecule has 0 aromatic carbocycles. The van der Waals surface area contributed by atoms with Crippen LogP contribution in [-0.2, 0) is 6.18 Å². The molecule has 0 aliphatic carbocycles. The number of hydrogen-bond donors (Lipinski definition) is 2. The molecule has 0 bridgehead atoms. The number of hydrogen-bond acceptors (Lipinski definition) is 4. The summed E-state index contributed by atoms with van der Waals surface area (Å²) < 4.78 is 37.9. The van der Waals surface area contributed by atoms with Crippen molar-refractivity contribution in [2.75, 3.05) is 11.9 Å². The summed E-state index contributed by atoms with van der Waals surface area (Å²) in [4.78, 5) is 3.50. The van der Waals surface area contributed by atoms with E-state index in [4.69, 9.17) is 11.0 Å². The predicted octanol–water partition coefficient (Wildman–Crippen LogP) is 2.90. The van der Waals surface area contributed by atoms with Crippen LogP contribution in [0.2, 0.25) is 0 Å². The van der Waals surface area contributed by atoms with E-state index >= 15 is 0 Å². The Kier molecular flexibility index (Phi) is 5.77. The quantitative estimate of drug-likeness (QED) is 0.843. The van der Waals surface area contributed by atoms with E-state index in [9.17, 15) is 13.2 Å². The van der Waals surface area contributed by atoms with Crippen LogP contribution in [0.25, 0.3) is 0 Å². The highest BCUT2D eigenvalue weighted by Crippen LogP contribution is 2.29. The molecule has 1 aromatic heterocycles. The van der Waals surface area contributed by atoms with Gasteiger partial charge in [0.25, 0.3) is 0 Å². The fraction of sp³-hybridized carbons (Fsp3) is 0.538. The van der Waals surface area contributed by atoms with Gasteiger partial charge in [-0.15, -0.1) is 0 Å². The summed E-state index contributed by atoms with van der Waals surface area (Å²) in [6, 6.07) is 3.55. The molecule has 3 N–H and O–H groups in total. The van der Waals surface area contributed by atoms with Crippen LogP contribution in [0.3, 0.4) is 0 Å². The third-order valence-corrected chi connectivity index (χ3v) is 2.84. The van der Waals surface area contributed by atoms with Crippen molar-refractivity contribution in [2.24, 2.45) is 5.73 Å². The van der Waals surface area contributed by atoms with Gasteiger partial charge in [-0.1, -0.05) is 19.8 Å². The minimum absolute atomic E-state index is 0.0612. The van der Waals surface area contributed by atoms with Gasteiger partial charge in [0.1, 0.15) is 17.6 Å². The van der Waals surface area contributed by atoms with Crippen LogP contribution in [0.1, 0.15) is 37.4 Å². The number of halogens is 3. The van der Waals surface area contributed by atoms with Crippen molar-refractivity contribution >= 4 is 5.82 Å². The highest BCUT2D eigenvalue weighted by molar-refractivity contribution is 5.53. The Morgan fingerprint density at radius 1 is 1.45 bits per heavy atom. The van der Waals surface area contributed by atoms with Crippen LogP contribution in [-0.4, -0.2) is 17.6 Å². The van der Waals surface area contributed by atoms with Gasteiger partial charge in [0.2, 0.25) is 0 Å². The second kappa shape index (κ2) is 7.10. The van der Waals surface area contributed by atoms with Crippen molar-refractivity contribution in [3.63, 3.8) is 0 Å². The van der Waals surface area contributed by atoms with Crippen molar-refractivity contribution in [3.05, 3.63) is 23.4 Å². The lowest BCUT2D eigenvalue weighted by atomic mass is 10.1. The van der Waals surface area contributed by atoms with Gasteiger partial charge < -0.3 is 11.1 Å². The lowest BCUT2D eigenvalue weighted by Gasteiger charge is -2.18. The van der Waals surface area contributed by atoms with Crippen LogP contribution in [0.15, 0.2) is 12.1 Å². The Balaban J connectivity index is 2.99. The Hall–Kier alpha value is -1.81. The first kappa shape index (κ1) is 16.2. The zero-order valence-electron chi connectivity index (χ0n) is 11.2. The van der Waals surface area contributed by atoms with Crippen LogP contribution in [0, 0.1) is 11.3 Å². The van der Waals surface area contributed by atoms with Gasteiger partial charge in [-0.05, 0) is 18.6 Å². The molecule has 0 saturated heterocycles. The van der Waals surface area contributed by atoms with Crippen LogP contribution < -0.4 is 11.1 Å². The number of nitriles is 1. The first-order valence-electron chi connectivity index (χ1n) is 6.37. The maximum absolute atomic E-state index is 12.6. The molecule has 0 radical (unpaired) electrons. The number of nitrogens with two attached hydrogens (primary N) is 1. The number of pyridine rings is 1. The first-order chi connectivity index (χ1) is 9.42. The normalized spacial score (nSPS) is 12.8. The van der Waals surface area contributed by atoms with Gasteiger partial charge in [-0.3, -0.25) is 0 Å². The Bertz CT molecular complexity index is 479. The second-order valence-electron chi connectivity index (χ2n) is 4.42. The third kappa shape index (κ3) is 4.38. The maximum atomic E-state index is 12.6. The summed E-state index contributed by atoms with van der Waals surface area (Å²) in [5.41, 5.74) is 4.64. The summed E-state index contributed by atoms with van der Waals surface area (Å²) >= 11 is 0. The summed E-state index contributed by atoms with van der Waals surface area (Å²) in [5.74, 6) is -0.0612. The summed E-state index contributed by atoms with van der Waals surface area (Å²) in [7, 11) is 0. The van der Waals surface area contributed by atoms with Gasteiger partial charge >= 0.3 is 6.18 Å². The number of nitrogens with zero attached hydrogens (tertiary/aromatic N) is 2. The van der Waals surface area contributed by atoms with Crippen molar-refractivity contribution < 1.29 is 13.2 Å². The van der Waals surface area contributed by atoms with Crippen molar-refractivity contribution in [2.45, 2.75) is 38.4 Å². The maximum Gasteiger partial charge on any atom is 0.433 e. The molecule has 1 unspecified atom stereocenters. The van der Waals surface area contributed by atoms with E-state index in [0.29, 0.717) is 0 Å². The van der Waals surface area contributed by atoms with Gasteiger partial charge in [0.05, 0.1) is 5.56 Å². The molecule has 0 saturated carbocycles. The number of anilines is 1. The largest absolute Gasteiger partial charge is 0.433 e. The van der Waals surface area contributed by atoms with Crippen LogP contribution >= 0.6 is 0 Å². The van der Waals surface area contributed by atoms with Gasteiger partial charge in [-0.2, -0.15) is 18.4 Å². The first-order valence-corrected chi connectivity index (χ1v) is 6.37. The number of nitrogens with one attached hydrogen (secondary N) is 1. The zero-order chi connectivity index (χ0) is 15.2. The van der Waals surface area contributed by atoms with Gasteiger partial charge in [-0.25, -0.2) is 4.98 Å². The molecule has 0 amide bonds. The fourth-order valence-corrected chi connectivity index (χ4v) is 1.71. The average Bonchev–Trinajstić information content (AvgIpc) is 2.42.